The Morgan fingerprint density at radius 2 is 1.89 bits per heavy atom. The van der Waals surface area contributed by atoms with E-state index < -0.39 is 34.4 Å². The normalized spacial score (nSPS) is 13.9. The number of allylic oxidation sites excluding steroid dienone is 2. The van der Waals surface area contributed by atoms with Crippen molar-refractivity contribution in [2.45, 2.75) is 6.92 Å². The molecule has 0 heterocycles. The van der Waals surface area contributed by atoms with Crippen molar-refractivity contribution in [3.63, 3.8) is 0 Å². The molecule has 6 nitrogen and oxygen atoms in total. The molecule has 0 aromatic heterocycles. The number of phenols is 2. The predicted octanol–water partition coefficient (Wildman–Crippen LogP) is 1.21. The molecule has 0 saturated heterocycles. The van der Waals surface area contributed by atoms with Crippen molar-refractivity contribution in [3.05, 3.63) is 34.6 Å². The number of ether oxygens (including phenoxy) is 1. The summed E-state index contributed by atoms with van der Waals surface area (Å²) in [5.41, 5.74) is -0.879. The fraction of sp³-hybridized carbons (Fsp3) is 0.154. The number of hydrogen-bond donors (Lipinski definition) is 2. The summed E-state index contributed by atoms with van der Waals surface area (Å²) in [5, 5.41) is 19.6. The maximum atomic E-state index is 12.0. The molecule has 0 unspecified atom stereocenters. The minimum atomic E-state index is -0.711. The standard InChI is InChI=1S/C13H10O6/c1-5(14)10-8(16)3-6-7(15)4-9(19-2)12(17)11(6)13(10)18/h3-4,16,18H,1-2H3. The van der Waals surface area contributed by atoms with Crippen molar-refractivity contribution in [2.24, 2.45) is 0 Å². The molecular formula is C13H10O6. The molecular weight excluding hydrogens is 252 g/mol. The number of carbonyl (C=O) groups excluding carboxylic acids is 3. The van der Waals surface area contributed by atoms with Gasteiger partial charge in [0.25, 0.3) is 0 Å². The van der Waals surface area contributed by atoms with Crippen molar-refractivity contribution < 1.29 is 29.3 Å². The topological polar surface area (TPSA) is 101 Å². The van der Waals surface area contributed by atoms with Crippen molar-refractivity contribution in [3.8, 4) is 11.5 Å². The van der Waals surface area contributed by atoms with Gasteiger partial charge in [0.15, 0.2) is 17.3 Å². The molecule has 1 aromatic rings. The Kier molecular flexibility index (Phi) is 2.86. The lowest BCUT2D eigenvalue weighted by Crippen LogP contribution is -2.19. The summed E-state index contributed by atoms with van der Waals surface area (Å²) in [6.07, 6.45) is 0.969. The third-order valence-electron chi connectivity index (χ3n) is 2.83. The highest BCUT2D eigenvalue weighted by molar-refractivity contribution is 6.26. The SMILES string of the molecule is COC1=CC(=O)c2cc(O)c(C(C)=O)c(O)c2C1=O. The Labute approximate surface area is 107 Å². The summed E-state index contributed by atoms with van der Waals surface area (Å²) in [6, 6.07) is 0.995. The van der Waals surface area contributed by atoms with E-state index in [2.05, 4.69) is 0 Å². The minimum Gasteiger partial charge on any atom is -0.507 e. The second kappa shape index (κ2) is 4.24. The Morgan fingerprint density at radius 1 is 1.26 bits per heavy atom. The van der Waals surface area contributed by atoms with Gasteiger partial charge in [0.1, 0.15) is 17.1 Å². The fourth-order valence-electron chi connectivity index (χ4n) is 1.96. The fourth-order valence-corrected chi connectivity index (χ4v) is 1.96. The zero-order valence-corrected chi connectivity index (χ0v) is 10.2. The third kappa shape index (κ3) is 1.77. The third-order valence-corrected chi connectivity index (χ3v) is 2.83. The van der Waals surface area contributed by atoms with E-state index in [0.717, 1.165) is 19.1 Å². The number of phenolic OH excluding ortho intramolecular Hbond substituents is 2. The first-order valence-electron chi connectivity index (χ1n) is 5.33. The number of ketones is 3. The Hall–Kier alpha value is -2.63. The molecule has 2 rings (SSSR count). The highest BCUT2D eigenvalue weighted by Crippen LogP contribution is 2.37. The first kappa shape index (κ1) is 12.8. The van der Waals surface area contributed by atoms with Gasteiger partial charge in [-0.25, -0.2) is 0 Å². The van der Waals surface area contributed by atoms with E-state index >= 15 is 0 Å². The lowest BCUT2D eigenvalue weighted by atomic mass is 9.89. The summed E-state index contributed by atoms with van der Waals surface area (Å²) >= 11 is 0. The molecule has 1 aromatic carbocycles. The van der Waals surface area contributed by atoms with E-state index in [9.17, 15) is 24.6 Å². The number of fused-ring (bicyclic) bond motifs is 1. The summed E-state index contributed by atoms with van der Waals surface area (Å²) in [6.45, 7) is 1.13. The molecule has 0 fully saturated rings. The molecule has 0 atom stereocenters. The number of benzene rings is 1. The summed E-state index contributed by atoms with van der Waals surface area (Å²) in [5.74, 6) is -3.40. The largest absolute Gasteiger partial charge is 0.507 e. The van der Waals surface area contributed by atoms with Gasteiger partial charge in [-0.3, -0.25) is 14.4 Å². The van der Waals surface area contributed by atoms with Crippen LogP contribution in [-0.2, 0) is 4.74 Å². The molecule has 6 heteroatoms. The summed E-state index contributed by atoms with van der Waals surface area (Å²) in [4.78, 5) is 35.1. The van der Waals surface area contributed by atoms with Crippen molar-refractivity contribution in [2.75, 3.05) is 7.11 Å². The number of aromatic hydroxyl groups is 2. The number of hydrogen-bond acceptors (Lipinski definition) is 6. The van der Waals surface area contributed by atoms with E-state index in [4.69, 9.17) is 4.74 Å². The molecule has 1 aliphatic carbocycles. The quantitative estimate of drug-likeness (QED) is 0.777. The van der Waals surface area contributed by atoms with Gasteiger partial charge in [0, 0.05) is 11.6 Å². The van der Waals surface area contributed by atoms with Gasteiger partial charge in [-0.2, -0.15) is 0 Å². The van der Waals surface area contributed by atoms with Gasteiger partial charge < -0.3 is 14.9 Å². The van der Waals surface area contributed by atoms with Crippen LogP contribution in [0.25, 0.3) is 0 Å². The van der Waals surface area contributed by atoms with Crippen LogP contribution >= 0.6 is 0 Å². The van der Waals surface area contributed by atoms with Gasteiger partial charge in [0.2, 0.25) is 5.78 Å². The van der Waals surface area contributed by atoms with Gasteiger partial charge in [-0.05, 0) is 13.0 Å². The van der Waals surface area contributed by atoms with Crippen LogP contribution in [0.2, 0.25) is 0 Å². The van der Waals surface area contributed by atoms with Crippen LogP contribution in [0.1, 0.15) is 38.0 Å². The van der Waals surface area contributed by atoms with Crippen LogP contribution in [0, 0.1) is 0 Å². The Bertz CT molecular complexity index is 654. The highest BCUT2D eigenvalue weighted by Gasteiger charge is 2.33. The average molecular weight is 262 g/mol. The number of Topliss-reactive ketones (excluding diaryl/α,β-unsaturated/α-hetero) is 2. The van der Waals surface area contributed by atoms with Gasteiger partial charge in [-0.15, -0.1) is 0 Å². The second-order valence-corrected chi connectivity index (χ2v) is 4.00. The predicted molar refractivity (Wildman–Crippen MR) is 63.5 cm³/mol. The van der Waals surface area contributed by atoms with E-state index in [-0.39, 0.29) is 16.9 Å². The summed E-state index contributed by atoms with van der Waals surface area (Å²) < 4.78 is 4.75. The van der Waals surface area contributed by atoms with Crippen molar-refractivity contribution >= 4 is 17.3 Å². The van der Waals surface area contributed by atoms with Crippen LogP contribution < -0.4 is 0 Å². The maximum absolute atomic E-state index is 12.0. The number of rotatable bonds is 2. The van der Waals surface area contributed by atoms with Gasteiger partial charge in [0.05, 0.1) is 12.7 Å². The first-order valence-corrected chi connectivity index (χ1v) is 5.33. The molecule has 0 bridgehead atoms. The zero-order chi connectivity index (χ0) is 14.3. The average Bonchev–Trinajstić information content (AvgIpc) is 2.32. The zero-order valence-electron chi connectivity index (χ0n) is 10.2. The lowest BCUT2D eigenvalue weighted by molar-refractivity contribution is 0.0912. The highest BCUT2D eigenvalue weighted by atomic mass is 16.5. The maximum Gasteiger partial charge on any atom is 0.232 e. The van der Waals surface area contributed by atoms with Crippen molar-refractivity contribution in [1.29, 1.82) is 0 Å². The lowest BCUT2D eigenvalue weighted by Gasteiger charge is -2.17. The number of carbonyl (C=O) groups is 3. The molecule has 98 valence electrons. The molecule has 0 spiro atoms. The van der Waals surface area contributed by atoms with Crippen LogP contribution in [0.15, 0.2) is 17.9 Å². The molecule has 0 aliphatic heterocycles. The number of methoxy groups -OCH3 is 1. The molecule has 1 aliphatic rings. The van der Waals surface area contributed by atoms with Gasteiger partial charge in [-0.1, -0.05) is 0 Å². The minimum absolute atomic E-state index is 0.161. The molecule has 0 saturated carbocycles. The van der Waals surface area contributed by atoms with E-state index in [1.807, 2.05) is 0 Å². The van der Waals surface area contributed by atoms with Crippen LogP contribution in [-0.4, -0.2) is 34.7 Å². The molecule has 0 radical (unpaired) electrons. The second-order valence-electron chi connectivity index (χ2n) is 4.00. The Balaban J connectivity index is 2.81. The Morgan fingerprint density at radius 3 is 2.42 bits per heavy atom. The molecule has 2 N–H and O–H groups in total. The van der Waals surface area contributed by atoms with Crippen molar-refractivity contribution in [1.82, 2.24) is 0 Å². The summed E-state index contributed by atoms with van der Waals surface area (Å²) in [7, 11) is 1.21. The smallest absolute Gasteiger partial charge is 0.232 e. The van der Waals surface area contributed by atoms with E-state index in [1.165, 1.54) is 7.11 Å². The first-order chi connectivity index (χ1) is 8.88. The van der Waals surface area contributed by atoms with Crippen LogP contribution in [0.5, 0.6) is 11.5 Å². The molecule has 19 heavy (non-hydrogen) atoms. The van der Waals surface area contributed by atoms with Crippen LogP contribution in [0.4, 0.5) is 0 Å². The van der Waals surface area contributed by atoms with E-state index in [0.29, 0.717) is 0 Å². The van der Waals surface area contributed by atoms with Crippen LogP contribution in [0.3, 0.4) is 0 Å². The van der Waals surface area contributed by atoms with Gasteiger partial charge >= 0.3 is 0 Å². The van der Waals surface area contributed by atoms with E-state index in [1.54, 1.807) is 0 Å². The monoisotopic (exact) mass is 262 g/mol. The molecule has 0 amide bonds.